The molecule has 6 nitrogen and oxygen atoms in total. The molecule has 0 saturated carbocycles. The molecule has 1 N–H and O–H groups in total. The summed E-state index contributed by atoms with van der Waals surface area (Å²) in [5, 5.41) is 9.14. The van der Waals surface area contributed by atoms with E-state index < -0.39 is 5.97 Å². The predicted molar refractivity (Wildman–Crippen MR) is 99.5 cm³/mol. The van der Waals surface area contributed by atoms with Crippen molar-refractivity contribution < 1.29 is 24.2 Å². The average molecular weight is 367 g/mol. The van der Waals surface area contributed by atoms with Crippen LogP contribution in [0, 0.1) is 5.92 Å². The third-order valence-corrected chi connectivity index (χ3v) is 4.43. The number of Topliss-reactive ketones (excluding diaryl/α,β-unsaturated/α-hetero) is 1. The van der Waals surface area contributed by atoms with E-state index in [-0.39, 0.29) is 18.2 Å². The van der Waals surface area contributed by atoms with Crippen LogP contribution in [-0.4, -0.2) is 54.1 Å². The molecule has 7 heteroatoms. The monoisotopic (exact) mass is 367 g/mol. The number of benzene rings is 1. The van der Waals surface area contributed by atoms with E-state index in [2.05, 4.69) is 0 Å². The molecule has 25 heavy (non-hydrogen) atoms. The molecular formula is C18H25NO5S. The van der Waals surface area contributed by atoms with Crippen LogP contribution in [0.1, 0.15) is 25.8 Å². The molecule has 0 bridgehead atoms. The predicted octanol–water partition coefficient (Wildman–Crippen LogP) is 2.58. The molecule has 138 valence electrons. The summed E-state index contributed by atoms with van der Waals surface area (Å²) in [7, 11) is 3.14. The molecule has 1 aromatic carbocycles. The summed E-state index contributed by atoms with van der Waals surface area (Å²) in [6.07, 6.45) is 0.909. The summed E-state index contributed by atoms with van der Waals surface area (Å²) in [5.41, 5.74) is 0.982. The minimum atomic E-state index is -0.954. The Labute approximate surface area is 153 Å². The van der Waals surface area contributed by atoms with Gasteiger partial charge in [-0.1, -0.05) is 25.2 Å². The van der Waals surface area contributed by atoms with Gasteiger partial charge in [-0.15, -0.1) is 0 Å². The van der Waals surface area contributed by atoms with Crippen molar-refractivity contribution in [3.05, 3.63) is 23.8 Å². The van der Waals surface area contributed by atoms with Crippen LogP contribution in [0.5, 0.6) is 11.5 Å². The normalized spacial score (nSPS) is 11.5. The maximum absolute atomic E-state index is 11.3. The number of carboxylic acids is 1. The van der Waals surface area contributed by atoms with E-state index in [0.717, 1.165) is 5.56 Å². The Bertz CT molecular complexity index is 632. The highest BCUT2D eigenvalue weighted by Crippen LogP contribution is 2.27. The Kier molecular flexibility index (Phi) is 8.34. The fourth-order valence-corrected chi connectivity index (χ4v) is 2.80. The summed E-state index contributed by atoms with van der Waals surface area (Å²) in [4.78, 5) is 24.6. The molecule has 0 aliphatic rings. The minimum Gasteiger partial charge on any atom is -0.493 e. The SMILES string of the molecule is COc1ccc(CCN(CC(=O)O)C(=S)C(C)CC(C)=O)cc1OC. The van der Waals surface area contributed by atoms with E-state index in [0.29, 0.717) is 35.9 Å². The number of ether oxygens (including phenoxy) is 2. The third kappa shape index (κ3) is 6.70. The minimum absolute atomic E-state index is 0.0324. The van der Waals surface area contributed by atoms with Gasteiger partial charge in [0.25, 0.3) is 0 Å². The second kappa shape index (κ2) is 9.98. The van der Waals surface area contributed by atoms with Crippen LogP contribution < -0.4 is 9.47 Å². The first-order valence-corrected chi connectivity index (χ1v) is 8.40. The van der Waals surface area contributed by atoms with Crippen LogP contribution >= 0.6 is 12.2 Å². The van der Waals surface area contributed by atoms with Gasteiger partial charge in [0.2, 0.25) is 0 Å². The lowest BCUT2D eigenvalue weighted by atomic mass is 10.0. The molecule has 0 aromatic heterocycles. The Morgan fingerprint density at radius 3 is 2.40 bits per heavy atom. The standard InChI is InChI=1S/C18H25NO5S/c1-12(9-13(2)20)18(25)19(11-17(21)22)8-7-14-5-6-15(23-3)16(10-14)24-4/h5-6,10,12H,7-9,11H2,1-4H3,(H,21,22). The quantitative estimate of drug-likeness (QED) is 0.637. The second-order valence-corrected chi connectivity index (χ2v) is 6.32. The van der Waals surface area contributed by atoms with E-state index in [1.165, 1.54) is 6.92 Å². The van der Waals surface area contributed by atoms with E-state index in [4.69, 9.17) is 26.8 Å². The Hall–Kier alpha value is -2.15. The first-order valence-electron chi connectivity index (χ1n) is 7.99. The molecule has 0 heterocycles. The maximum Gasteiger partial charge on any atom is 0.323 e. The summed E-state index contributed by atoms with van der Waals surface area (Å²) in [6.45, 7) is 3.61. The summed E-state index contributed by atoms with van der Waals surface area (Å²) in [6, 6.07) is 5.58. The van der Waals surface area contributed by atoms with E-state index in [1.807, 2.05) is 25.1 Å². The van der Waals surface area contributed by atoms with E-state index in [9.17, 15) is 9.59 Å². The van der Waals surface area contributed by atoms with Crippen molar-refractivity contribution in [2.24, 2.45) is 5.92 Å². The molecule has 0 amide bonds. The highest BCUT2D eigenvalue weighted by atomic mass is 32.1. The average Bonchev–Trinajstić information content (AvgIpc) is 2.56. The van der Waals surface area contributed by atoms with Gasteiger partial charge in [-0.3, -0.25) is 4.79 Å². The van der Waals surface area contributed by atoms with Crippen molar-refractivity contribution in [2.45, 2.75) is 26.7 Å². The molecule has 0 spiro atoms. The number of rotatable bonds is 10. The molecule has 1 unspecified atom stereocenters. The molecule has 0 aliphatic heterocycles. The first kappa shape index (κ1) is 20.9. The van der Waals surface area contributed by atoms with Crippen molar-refractivity contribution in [3.8, 4) is 11.5 Å². The van der Waals surface area contributed by atoms with Crippen LogP contribution in [0.4, 0.5) is 0 Å². The fourth-order valence-electron chi connectivity index (χ4n) is 2.56. The third-order valence-electron chi connectivity index (χ3n) is 3.77. The van der Waals surface area contributed by atoms with Crippen LogP contribution in [-0.2, 0) is 16.0 Å². The molecular weight excluding hydrogens is 342 g/mol. The van der Waals surface area contributed by atoms with Crippen molar-refractivity contribution in [3.63, 3.8) is 0 Å². The number of carbonyl (C=O) groups excluding carboxylic acids is 1. The van der Waals surface area contributed by atoms with Gasteiger partial charge in [-0.25, -0.2) is 0 Å². The van der Waals surface area contributed by atoms with Gasteiger partial charge >= 0.3 is 5.97 Å². The molecule has 1 rings (SSSR count). The number of hydrogen-bond donors (Lipinski definition) is 1. The zero-order valence-corrected chi connectivity index (χ0v) is 15.9. The van der Waals surface area contributed by atoms with Crippen LogP contribution in [0.25, 0.3) is 0 Å². The van der Waals surface area contributed by atoms with Crippen molar-refractivity contribution >= 4 is 29.0 Å². The van der Waals surface area contributed by atoms with E-state index in [1.54, 1.807) is 19.1 Å². The lowest BCUT2D eigenvalue weighted by Gasteiger charge is -2.27. The van der Waals surface area contributed by atoms with Gasteiger partial charge in [0.1, 0.15) is 12.3 Å². The second-order valence-electron chi connectivity index (χ2n) is 5.90. The van der Waals surface area contributed by atoms with Crippen molar-refractivity contribution in [1.82, 2.24) is 4.90 Å². The lowest BCUT2D eigenvalue weighted by molar-refractivity contribution is -0.137. The van der Waals surface area contributed by atoms with Gasteiger partial charge in [-0.2, -0.15) is 0 Å². The van der Waals surface area contributed by atoms with Crippen LogP contribution in [0.15, 0.2) is 18.2 Å². The van der Waals surface area contributed by atoms with Gasteiger partial charge in [0, 0.05) is 18.9 Å². The summed E-state index contributed by atoms with van der Waals surface area (Å²) < 4.78 is 10.5. The Morgan fingerprint density at radius 1 is 1.24 bits per heavy atom. The van der Waals surface area contributed by atoms with Crippen molar-refractivity contribution in [2.75, 3.05) is 27.3 Å². The summed E-state index contributed by atoms with van der Waals surface area (Å²) >= 11 is 5.40. The number of thiocarbonyl (C=S) groups is 1. The lowest BCUT2D eigenvalue weighted by Crippen LogP contribution is -2.39. The first-order chi connectivity index (χ1) is 11.8. The fraction of sp³-hybridized carbons (Fsp3) is 0.500. The van der Waals surface area contributed by atoms with E-state index >= 15 is 0 Å². The molecule has 0 fully saturated rings. The van der Waals surface area contributed by atoms with Crippen LogP contribution in [0.3, 0.4) is 0 Å². The van der Waals surface area contributed by atoms with Crippen LogP contribution in [0.2, 0.25) is 0 Å². The number of carbonyl (C=O) groups is 2. The zero-order valence-electron chi connectivity index (χ0n) is 15.1. The van der Waals surface area contributed by atoms with Gasteiger partial charge in [0.05, 0.1) is 19.2 Å². The molecule has 0 aliphatic carbocycles. The van der Waals surface area contributed by atoms with Gasteiger partial charge < -0.3 is 24.3 Å². The number of ketones is 1. The number of hydrogen-bond acceptors (Lipinski definition) is 5. The number of nitrogens with zero attached hydrogens (tertiary/aromatic N) is 1. The summed E-state index contributed by atoms with van der Waals surface area (Å²) in [5.74, 6) is 0.170. The van der Waals surface area contributed by atoms with Gasteiger partial charge in [-0.05, 0) is 31.0 Å². The number of methoxy groups -OCH3 is 2. The molecule has 0 radical (unpaired) electrons. The molecule has 1 aromatic rings. The number of carboxylic acid groups (broad SMARTS) is 1. The Morgan fingerprint density at radius 2 is 1.88 bits per heavy atom. The highest BCUT2D eigenvalue weighted by Gasteiger charge is 2.20. The highest BCUT2D eigenvalue weighted by molar-refractivity contribution is 7.80. The van der Waals surface area contributed by atoms with Crippen molar-refractivity contribution in [1.29, 1.82) is 0 Å². The largest absolute Gasteiger partial charge is 0.493 e. The molecule has 0 saturated heterocycles. The smallest absolute Gasteiger partial charge is 0.323 e. The number of aliphatic carboxylic acids is 1. The Balaban J connectivity index is 2.83. The molecule has 1 atom stereocenters. The maximum atomic E-state index is 11.3. The topological polar surface area (TPSA) is 76.1 Å². The zero-order chi connectivity index (χ0) is 19.0. The van der Waals surface area contributed by atoms with Gasteiger partial charge in [0.15, 0.2) is 11.5 Å².